The number of para-hydroxylation sites is 1. The second-order valence-corrected chi connectivity index (χ2v) is 9.95. The smallest absolute Gasteiger partial charge is 0.254 e. The van der Waals surface area contributed by atoms with Gasteiger partial charge in [-0.1, -0.05) is 30.7 Å². The molecular formula is C21H21ClFN3O4S. The summed E-state index contributed by atoms with van der Waals surface area (Å²) in [6.45, 7) is 3.22. The molecule has 4 rings (SSSR count). The normalized spacial score (nSPS) is 20.9. The number of sulfonamides is 1. The molecular weight excluding hydrogens is 445 g/mol. The van der Waals surface area contributed by atoms with Crippen molar-refractivity contribution in [1.29, 1.82) is 0 Å². The first-order valence-electron chi connectivity index (χ1n) is 9.84. The number of hydrogen-bond donors (Lipinski definition) is 0. The summed E-state index contributed by atoms with van der Waals surface area (Å²) in [4.78, 5) is 28.9. The molecule has 7 nitrogen and oxygen atoms in total. The first kappa shape index (κ1) is 21.6. The van der Waals surface area contributed by atoms with Gasteiger partial charge in [-0.05, 0) is 30.3 Å². The Kier molecular flexibility index (Phi) is 5.65. The van der Waals surface area contributed by atoms with E-state index in [1.165, 1.54) is 31.2 Å². The number of amides is 2. The number of piperazine rings is 1. The Balaban J connectivity index is 1.53. The van der Waals surface area contributed by atoms with E-state index in [1.54, 1.807) is 23.1 Å². The Morgan fingerprint density at radius 2 is 1.74 bits per heavy atom. The first-order chi connectivity index (χ1) is 14.7. The predicted octanol–water partition coefficient (Wildman–Crippen LogP) is 2.75. The molecule has 2 aliphatic heterocycles. The minimum absolute atomic E-state index is 0.00754. The highest BCUT2D eigenvalue weighted by molar-refractivity contribution is 7.94. The summed E-state index contributed by atoms with van der Waals surface area (Å²) in [5.41, 5.74) is 0.725. The quantitative estimate of drug-likeness (QED) is 0.696. The highest BCUT2D eigenvalue weighted by Crippen LogP contribution is 2.35. The van der Waals surface area contributed by atoms with Gasteiger partial charge < -0.3 is 9.80 Å². The van der Waals surface area contributed by atoms with Crippen LogP contribution < -0.4 is 9.21 Å². The van der Waals surface area contributed by atoms with Crippen LogP contribution in [0.25, 0.3) is 0 Å². The lowest BCUT2D eigenvalue weighted by atomic mass is 10.1. The second kappa shape index (κ2) is 8.12. The summed E-state index contributed by atoms with van der Waals surface area (Å²) < 4.78 is 39.6. The molecule has 0 radical (unpaired) electrons. The second-order valence-electron chi connectivity index (χ2n) is 7.68. The van der Waals surface area contributed by atoms with Crippen LogP contribution in [0.3, 0.4) is 0 Å². The van der Waals surface area contributed by atoms with Crippen molar-refractivity contribution in [2.24, 2.45) is 5.92 Å². The van der Waals surface area contributed by atoms with Gasteiger partial charge in [0.05, 0.1) is 28.1 Å². The van der Waals surface area contributed by atoms with Crippen LogP contribution in [0.2, 0.25) is 5.02 Å². The monoisotopic (exact) mass is 465 g/mol. The SMILES string of the molecule is CC1CS(=O)(=O)N(c2cc(C(=O)N3CCN(c4ccccc4F)CC3)ccc2Cl)C1=O. The van der Waals surface area contributed by atoms with Crippen molar-refractivity contribution in [2.75, 3.05) is 41.1 Å². The molecule has 1 unspecified atom stereocenters. The summed E-state index contributed by atoms with van der Waals surface area (Å²) >= 11 is 6.18. The van der Waals surface area contributed by atoms with E-state index in [0.29, 0.717) is 36.2 Å². The molecule has 2 saturated heterocycles. The zero-order valence-electron chi connectivity index (χ0n) is 16.8. The fourth-order valence-electron chi connectivity index (χ4n) is 3.91. The van der Waals surface area contributed by atoms with Gasteiger partial charge in [-0.15, -0.1) is 0 Å². The average Bonchev–Trinajstić information content (AvgIpc) is 2.95. The van der Waals surface area contributed by atoms with E-state index in [9.17, 15) is 22.4 Å². The number of carbonyl (C=O) groups is 2. The van der Waals surface area contributed by atoms with Crippen molar-refractivity contribution in [3.63, 3.8) is 0 Å². The lowest BCUT2D eigenvalue weighted by Gasteiger charge is -2.36. The maximum absolute atomic E-state index is 14.0. The van der Waals surface area contributed by atoms with E-state index in [0.717, 1.165) is 0 Å². The fraction of sp³-hybridized carbons (Fsp3) is 0.333. The van der Waals surface area contributed by atoms with Gasteiger partial charge >= 0.3 is 0 Å². The van der Waals surface area contributed by atoms with Gasteiger partial charge in [0.1, 0.15) is 5.82 Å². The standard InChI is InChI=1S/C21H21ClFN3O4S/c1-14-13-31(29,30)26(20(14)27)19-12-15(6-7-16(19)22)21(28)25-10-8-24(9-11-25)18-5-3-2-4-17(18)23/h2-7,12,14H,8-11,13H2,1H3. The molecule has 0 aliphatic carbocycles. The summed E-state index contributed by atoms with van der Waals surface area (Å²) in [5.74, 6) is -2.14. The summed E-state index contributed by atoms with van der Waals surface area (Å²) in [5, 5.41) is 0.0759. The van der Waals surface area contributed by atoms with E-state index in [4.69, 9.17) is 11.6 Å². The lowest BCUT2D eigenvalue weighted by molar-refractivity contribution is -0.119. The lowest BCUT2D eigenvalue weighted by Crippen LogP contribution is -2.49. The maximum atomic E-state index is 14.0. The number of rotatable bonds is 3. The van der Waals surface area contributed by atoms with Crippen LogP contribution in [0, 0.1) is 11.7 Å². The van der Waals surface area contributed by atoms with E-state index >= 15 is 0 Å². The number of anilines is 2. The third kappa shape index (κ3) is 3.99. The number of hydrogen-bond acceptors (Lipinski definition) is 5. The van der Waals surface area contributed by atoms with E-state index < -0.39 is 21.8 Å². The Hall–Kier alpha value is -2.65. The van der Waals surface area contributed by atoms with Crippen LogP contribution in [0.4, 0.5) is 15.8 Å². The Morgan fingerprint density at radius 1 is 1.06 bits per heavy atom. The summed E-state index contributed by atoms with van der Waals surface area (Å²) in [7, 11) is -3.84. The fourth-order valence-corrected chi connectivity index (χ4v) is 5.99. The average molecular weight is 466 g/mol. The molecule has 1 atom stereocenters. The van der Waals surface area contributed by atoms with Gasteiger partial charge in [0.25, 0.3) is 5.91 Å². The molecule has 2 fully saturated rings. The van der Waals surface area contributed by atoms with Crippen molar-refractivity contribution < 1.29 is 22.4 Å². The van der Waals surface area contributed by atoms with Gasteiger partial charge in [-0.3, -0.25) is 9.59 Å². The molecule has 0 aromatic heterocycles. The van der Waals surface area contributed by atoms with E-state index in [-0.39, 0.29) is 33.8 Å². The van der Waals surface area contributed by atoms with Crippen LogP contribution in [0.1, 0.15) is 17.3 Å². The molecule has 2 aliphatic rings. The molecule has 2 aromatic carbocycles. The van der Waals surface area contributed by atoms with Crippen LogP contribution >= 0.6 is 11.6 Å². The molecule has 2 amide bonds. The van der Waals surface area contributed by atoms with Gasteiger partial charge in [0.2, 0.25) is 15.9 Å². The minimum atomic E-state index is -3.84. The van der Waals surface area contributed by atoms with Crippen molar-refractivity contribution in [1.82, 2.24) is 4.90 Å². The van der Waals surface area contributed by atoms with E-state index in [1.807, 2.05) is 4.90 Å². The van der Waals surface area contributed by atoms with Crippen LogP contribution in [-0.2, 0) is 14.8 Å². The van der Waals surface area contributed by atoms with Gasteiger partial charge in [-0.25, -0.2) is 17.1 Å². The van der Waals surface area contributed by atoms with Crippen LogP contribution in [-0.4, -0.2) is 57.1 Å². The topological polar surface area (TPSA) is 78.0 Å². The van der Waals surface area contributed by atoms with Gasteiger partial charge in [0.15, 0.2) is 0 Å². The molecule has 164 valence electrons. The van der Waals surface area contributed by atoms with Crippen molar-refractivity contribution in [3.05, 3.63) is 58.9 Å². The van der Waals surface area contributed by atoms with Crippen LogP contribution in [0.15, 0.2) is 42.5 Å². The van der Waals surface area contributed by atoms with Crippen molar-refractivity contribution in [3.8, 4) is 0 Å². The van der Waals surface area contributed by atoms with Crippen molar-refractivity contribution in [2.45, 2.75) is 6.92 Å². The number of carbonyl (C=O) groups excluding carboxylic acids is 2. The first-order valence-corrected chi connectivity index (χ1v) is 11.8. The highest BCUT2D eigenvalue weighted by Gasteiger charge is 2.43. The molecule has 0 N–H and O–H groups in total. The molecule has 0 spiro atoms. The Labute approximate surface area is 185 Å². The minimum Gasteiger partial charge on any atom is -0.366 e. The zero-order valence-corrected chi connectivity index (χ0v) is 18.4. The molecule has 2 aromatic rings. The Morgan fingerprint density at radius 3 is 2.35 bits per heavy atom. The molecule has 2 heterocycles. The Bertz CT molecular complexity index is 1150. The third-order valence-electron chi connectivity index (χ3n) is 5.53. The van der Waals surface area contributed by atoms with E-state index in [2.05, 4.69) is 0 Å². The highest BCUT2D eigenvalue weighted by atomic mass is 35.5. The van der Waals surface area contributed by atoms with Crippen LogP contribution in [0.5, 0.6) is 0 Å². The van der Waals surface area contributed by atoms with Gasteiger partial charge in [-0.2, -0.15) is 0 Å². The summed E-state index contributed by atoms with van der Waals surface area (Å²) in [6, 6.07) is 10.8. The molecule has 10 heteroatoms. The molecule has 0 saturated carbocycles. The number of benzene rings is 2. The number of nitrogens with zero attached hydrogens (tertiary/aromatic N) is 3. The summed E-state index contributed by atoms with van der Waals surface area (Å²) in [6.07, 6.45) is 0. The van der Waals surface area contributed by atoms with Crippen molar-refractivity contribution >= 4 is 44.8 Å². The molecule has 31 heavy (non-hydrogen) atoms. The largest absolute Gasteiger partial charge is 0.366 e. The zero-order chi connectivity index (χ0) is 22.3. The molecule has 0 bridgehead atoms. The predicted molar refractivity (Wildman–Crippen MR) is 116 cm³/mol. The third-order valence-corrected chi connectivity index (χ3v) is 7.71. The maximum Gasteiger partial charge on any atom is 0.254 e. The number of halogens is 2. The van der Waals surface area contributed by atoms with Gasteiger partial charge in [0, 0.05) is 31.7 Å².